The molecule has 0 aliphatic carbocycles. The van der Waals surface area contributed by atoms with Crippen LogP contribution >= 0.6 is 0 Å². The minimum Gasteiger partial charge on any atom is -0.491 e. The van der Waals surface area contributed by atoms with Gasteiger partial charge < -0.3 is 34.3 Å². The van der Waals surface area contributed by atoms with Crippen LogP contribution in [-0.2, 0) is 14.9 Å². The third-order valence-electron chi connectivity index (χ3n) is 5.33. The van der Waals surface area contributed by atoms with Crippen molar-refractivity contribution in [3.8, 4) is 23.6 Å². The Balaban J connectivity index is 1.92. The number of rotatable bonds is 17. The lowest BCUT2D eigenvalue weighted by molar-refractivity contribution is -0.0111. The summed E-state index contributed by atoms with van der Waals surface area (Å²) in [6, 6.07) is 17.2. The van der Waals surface area contributed by atoms with Crippen molar-refractivity contribution >= 4 is 0 Å². The molecule has 3 N–H and O–H groups in total. The standard InChI is InChI=1S/C27H34N2O7/c1-2-3-12-33-13-14-34-16-24(32)18-36-26-10-6-22(7-11-26)27(19-28,20-29)21-4-8-25(9-5-21)35-17-23(31)15-30/h4-11,23-24,30-32H,2-3,12-18H2,1H3. The number of aliphatic hydroxyl groups is 3. The largest absolute Gasteiger partial charge is 0.491 e. The Morgan fingerprint density at radius 1 is 0.750 bits per heavy atom. The van der Waals surface area contributed by atoms with Crippen molar-refractivity contribution in [3.63, 3.8) is 0 Å². The van der Waals surface area contributed by atoms with Crippen LogP contribution in [0.2, 0.25) is 0 Å². The van der Waals surface area contributed by atoms with E-state index in [4.69, 9.17) is 24.1 Å². The zero-order chi connectivity index (χ0) is 26.2. The van der Waals surface area contributed by atoms with E-state index in [2.05, 4.69) is 19.1 Å². The summed E-state index contributed by atoms with van der Waals surface area (Å²) in [5.41, 5.74) is -0.618. The van der Waals surface area contributed by atoms with Gasteiger partial charge in [-0.3, -0.25) is 0 Å². The fraction of sp³-hybridized carbons (Fsp3) is 0.481. The smallest absolute Gasteiger partial charge is 0.193 e. The molecule has 2 rings (SSSR count). The van der Waals surface area contributed by atoms with Crippen LogP contribution < -0.4 is 9.47 Å². The molecule has 0 amide bonds. The molecule has 0 saturated heterocycles. The summed E-state index contributed by atoms with van der Waals surface area (Å²) >= 11 is 0. The van der Waals surface area contributed by atoms with Crippen LogP contribution in [0.5, 0.6) is 11.5 Å². The van der Waals surface area contributed by atoms with Crippen LogP contribution in [0, 0.1) is 22.7 Å². The van der Waals surface area contributed by atoms with E-state index in [1.54, 1.807) is 48.5 Å². The van der Waals surface area contributed by atoms with Crippen molar-refractivity contribution in [3.05, 3.63) is 59.7 Å². The van der Waals surface area contributed by atoms with Gasteiger partial charge in [0.15, 0.2) is 5.41 Å². The van der Waals surface area contributed by atoms with Gasteiger partial charge in [0.25, 0.3) is 0 Å². The third kappa shape index (κ3) is 8.80. The second kappa shape index (κ2) is 15.7. The maximum absolute atomic E-state index is 10.1. The quantitative estimate of drug-likeness (QED) is 0.280. The molecule has 2 aromatic carbocycles. The lowest BCUT2D eigenvalue weighted by atomic mass is 9.77. The van der Waals surface area contributed by atoms with Crippen LogP contribution in [0.15, 0.2) is 48.5 Å². The monoisotopic (exact) mass is 498 g/mol. The van der Waals surface area contributed by atoms with E-state index in [0.717, 1.165) is 12.8 Å². The minimum absolute atomic E-state index is 0.0319. The number of nitrogens with zero attached hydrogens (tertiary/aromatic N) is 2. The highest BCUT2D eigenvalue weighted by atomic mass is 16.5. The van der Waals surface area contributed by atoms with Crippen LogP contribution in [0.1, 0.15) is 30.9 Å². The van der Waals surface area contributed by atoms with Gasteiger partial charge in [0.1, 0.15) is 36.9 Å². The SMILES string of the molecule is CCCCOCCOCC(O)COc1ccc(C(C#N)(C#N)c2ccc(OCC(O)CO)cc2)cc1. The Hall–Kier alpha value is -3.18. The van der Waals surface area contributed by atoms with Crippen molar-refractivity contribution in [2.75, 3.05) is 46.2 Å². The number of ether oxygens (including phenoxy) is 4. The second-order valence-corrected chi connectivity index (χ2v) is 8.18. The fourth-order valence-electron chi connectivity index (χ4n) is 3.22. The molecule has 0 bridgehead atoms. The van der Waals surface area contributed by atoms with Gasteiger partial charge in [0, 0.05) is 6.61 Å². The Bertz CT molecular complexity index is 954. The van der Waals surface area contributed by atoms with Crippen molar-refractivity contribution < 1.29 is 34.3 Å². The van der Waals surface area contributed by atoms with Gasteiger partial charge in [-0.2, -0.15) is 10.5 Å². The van der Waals surface area contributed by atoms with E-state index in [0.29, 0.717) is 42.4 Å². The molecule has 0 aliphatic rings. The normalized spacial score (nSPS) is 12.8. The van der Waals surface area contributed by atoms with E-state index < -0.39 is 24.2 Å². The molecule has 0 radical (unpaired) electrons. The summed E-state index contributed by atoms with van der Waals surface area (Å²) in [6.45, 7) is 3.35. The summed E-state index contributed by atoms with van der Waals surface area (Å²) in [5.74, 6) is 0.919. The second-order valence-electron chi connectivity index (χ2n) is 8.18. The average Bonchev–Trinajstić information content (AvgIpc) is 2.92. The van der Waals surface area contributed by atoms with Crippen LogP contribution in [0.4, 0.5) is 0 Å². The predicted molar refractivity (Wildman–Crippen MR) is 132 cm³/mol. The number of aliphatic hydroxyl groups excluding tert-OH is 3. The molecule has 2 atom stereocenters. The summed E-state index contributed by atoms with van der Waals surface area (Å²) in [7, 11) is 0. The molecule has 2 aromatic rings. The van der Waals surface area contributed by atoms with E-state index >= 15 is 0 Å². The third-order valence-corrected chi connectivity index (χ3v) is 5.33. The molecule has 9 heteroatoms. The lowest BCUT2D eigenvalue weighted by Crippen LogP contribution is -2.25. The summed E-state index contributed by atoms with van der Waals surface area (Å²) in [5, 5.41) is 48.2. The zero-order valence-corrected chi connectivity index (χ0v) is 20.5. The molecule has 36 heavy (non-hydrogen) atoms. The Kier molecular flexibility index (Phi) is 12.7. The first-order chi connectivity index (χ1) is 17.5. The van der Waals surface area contributed by atoms with Gasteiger partial charge in [-0.25, -0.2) is 0 Å². The minimum atomic E-state index is -1.55. The van der Waals surface area contributed by atoms with Crippen molar-refractivity contribution in [2.45, 2.75) is 37.4 Å². The maximum atomic E-state index is 10.1. The van der Waals surface area contributed by atoms with Crippen molar-refractivity contribution in [1.82, 2.24) is 0 Å². The Morgan fingerprint density at radius 2 is 1.25 bits per heavy atom. The molecule has 0 spiro atoms. The van der Waals surface area contributed by atoms with Gasteiger partial charge in [-0.15, -0.1) is 0 Å². The Labute approximate surface area is 212 Å². The fourth-order valence-corrected chi connectivity index (χ4v) is 3.22. The highest BCUT2D eigenvalue weighted by Crippen LogP contribution is 2.33. The molecule has 0 fully saturated rings. The van der Waals surface area contributed by atoms with E-state index in [-0.39, 0.29) is 19.8 Å². The maximum Gasteiger partial charge on any atom is 0.193 e. The number of unbranched alkanes of at least 4 members (excludes halogenated alkanes) is 1. The number of hydrogen-bond acceptors (Lipinski definition) is 9. The molecule has 194 valence electrons. The molecule has 0 heterocycles. The van der Waals surface area contributed by atoms with E-state index in [1.165, 1.54) is 0 Å². The first-order valence-corrected chi connectivity index (χ1v) is 11.9. The van der Waals surface area contributed by atoms with E-state index in [1.807, 2.05) is 0 Å². The number of benzene rings is 2. The highest BCUT2D eigenvalue weighted by molar-refractivity contribution is 5.54. The van der Waals surface area contributed by atoms with Crippen molar-refractivity contribution in [2.24, 2.45) is 0 Å². The first kappa shape index (κ1) is 29.1. The predicted octanol–water partition coefficient (Wildman–Crippen LogP) is 2.32. The number of nitriles is 2. The van der Waals surface area contributed by atoms with Crippen molar-refractivity contribution in [1.29, 1.82) is 10.5 Å². The highest BCUT2D eigenvalue weighted by Gasteiger charge is 2.35. The molecule has 0 aromatic heterocycles. The molecule has 9 nitrogen and oxygen atoms in total. The van der Waals surface area contributed by atoms with Crippen LogP contribution in [-0.4, -0.2) is 73.8 Å². The zero-order valence-electron chi connectivity index (χ0n) is 20.5. The molecule has 0 aliphatic heterocycles. The van der Waals surface area contributed by atoms with Gasteiger partial charge in [0.05, 0.1) is 38.6 Å². The molecular formula is C27H34N2O7. The lowest BCUT2D eigenvalue weighted by Gasteiger charge is -2.21. The summed E-state index contributed by atoms with van der Waals surface area (Å²) in [4.78, 5) is 0. The summed E-state index contributed by atoms with van der Waals surface area (Å²) in [6.07, 6.45) is 0.286. The van der Waals surface area contributed by atoms with Gasteiger partial charge >= 0.3 is 0 Å². The topological polar surface area (TPSA) is 145 Å². The number of hydrogen-bond donors (Lipinski definition) is 3. The first-order valence-electron chi connectivity index (χ1n) is 11.9. The molecule has 2 unspecified atom stereocenters. The Morgan fingerprint density at radius 3 is 1.72 bits per heavy atom. The van der Waals surface area contributed by atoms with Crippen LogP contribution in [0.25, 0.3) is 0 Å². The molecule has 0 saturated carbocycles. The average molecular weight is 499 g/mol. The molecular weight excluding hydrogens is 464 g/mol. The van der Waals surface area contributed by atoms with E-state index in [9.17, 15) is 20.7 Å². The van der Waals surface area contributed by atoms with Gasteiger partial charge in [-0.1, -0.05) is 37.6 Å². The van der Waals surface area contributed by atoms with Crippen LogP contribution in [0.3, 0.4) is 0 Å². The van der Waals surface area contributed by atoms with Gasteiger partial charge in [-0.05, 0) is 41.8 Å². The van der Waals surface area contributed by atoms with Gasteiger partial charge in [0.2, 0.25) is 0 Å². The summed E-state index contributed by atoms with van der Waals surface area (Å²) < 4.78 is 21.8.